The lowest BCUT2D eigenvalue weighted by atomic mass is 10.2. The lowest BCUT2D eigenvalue weighted by Gasteiger charge is -2.07. The molecule has 0 radical (unpaired) electrons. The van der Waals surface area contributed by atoms with Gasteiger partial charge in [0, 0.05) is 12.7 Å². The molecular weight excluding hydrogens is 376 g/mol. The van der Waals surface area contributed by atoms with Gasteiger partial charge in [-0.15, -0.1) is 10.2 Å². The predicted molar refractivity (Wildman–Crippen MR) is 109 cm³/mol. The fourth-order valence-corrected chi connectivity index (χ4v) is 3.11. The lowest BCUT2D eigenvalue weighted by Crippen LogP contribution is -2.14. The van der Waals surface area contributed by atoms with E-state index in [1.807, 2.05) is 42.8 Å². The first-order valence-corrected chi connectivity index (χ1v) is 9.68. The summed E-state index contributed by atoms with van der Waals surface area (Å²) in [6.45, 7) is 2.34. The summed E-state index contributed by atoms with van der Waals surface area (Å²) < 4.78 is 12.7. The van der Waals surface area contributed by atoms with Crippen molar-refractivity contribution in [1.82, 2.24) is 14.8 Å². The highest BCUT2D eigenvalue weighted by Gasteiger charge is 2.12. The second-order valence-corrected chi connectivity index (χ2v) is 7.07. The van der Waals surface area contributed by atoms with Crippen molar-refractivity contribution >= 4 is 23.4 Å². The number of anilines is 1. The highest BCUT2D eigenvalue weighted by molar-refractivity contribution is 7.99. The minimum absolute atomic E-state index is 0.115. The number of carbonyl (C=O) groups excluding carboxylic acids is 1. The van der Waals surface area contributed by atoms with Crippen LogP contribution in [0.2, 0.25) is 0 Å². The first kappa shape index (κ1) is 19.8. The zero-order valence-electron chi connectivity index (χ0n) is 16.0. The Bertz CT molecular complexity index is 924. The Labute approximate surface area is 168 Å². The molecular formula is C20H22N4O3S. The molecule has 146 valence electrons. The number of aryl methyl sites for hydroxylation is 1. The van der Waals surface area contributed by atoms with E-state index in [9.17, 15) is 4.79 Å². The molecule has 3 aromatic rings. The summed E-state index contributed by atoms with van der Waals surface area (Å²) in [6.07, 6.45) is 0. The number of thioether (sulfide) groups is 1. The zero-order chi connectivity index (χ0) is 19.9. The van der Waals surface area contributed by atoms with E-state index >= 15 is 0 Å². The third-order valence-corrected chi connectivity index (χ3v) is 5.04. The second kappa shape index (κ2) is 9.27. The molecule has 0 bridgehead atoms. The average molecular weight is 398 g/mol. The number of hydrogen-bond acceptors (Lipinski definition) is 6. The molecule has 0 saturated carbocycles. The fraction of sp³-hybridized carbons (Fsp3) is 0.250. The van der Waals surface area contributed by atoms with Gasteiger partial charge in [-0.05, 0) is 43.3 Å². The van der Waals surface area contributed by atoms with Crippen molar-refractivity contribution in [2.45, 2.75) is 18.7 Å². The summed E-state index contributed by atoms with van der Waals surface area (Å²) in [5.74, 6) is 2.33. The molecule has 8 heteroatoms. The van der Waals surface area contributed by atoms with Crippen LogP contribution in [0.5, 0.6) is 11.5 Å². The standard InChI is InChI=1S/C20H22N4O3S/c1-14-4-8-17(9-5-14)27-12-18-22-23-20(24(18)2)28-13-19(25)21-15-6-10-16(26-3)11-7-15/h4-11H,12-13H2,1-3H3,(H,21,25). The molecule has 28 heavy (non-hydrogen) atoms. The highest BCUT2D eigenvalue weighted by Crippen LogP contribution is 2.19. The van der Waals surface area contributed by atoms with Gasteiger partial charge in [0.25, 0.3) is 0 Å². The largest absolute Gasteiger partial charge is 0.497 e. The SMILES string of the molecule is COc1ccc(NC(=O)CSc2nnc(COc3ccc(C)cc3)n2C)cc1. The van der Waals surface area contributed by atoms with E-state index in [-0.39, 0.29) is 11.7 Å². The van der Waals surface area contributed by atoms with Crippen LogP contribution in [0.25, 0.3) is 0 Å². The Hall–Kier alpha value is -3.00. The summed E-state index contributed by atoms with van der Waals surface area (Å²) in [6, 6.07) is 15.0. The minimum atomic E-state index is -0.115. The van der Waals surface area contributed by atoms with Gasteiger partial charge in [-0.25, -0.2) is 0 Å². The maximum absolute atomic E-state index is 12.2. The Kier molecular flexibility index (Phi) is 6.54. The molecule has 0 unspecified atom stereocenters. The van der Waals surface area contributed by atoms with Gasteiger partial charge in [-0.1, -0.05) is 29.5 Å². The molecule has 0 aliphatic heterocycles. The van der Waals surface area contributed by atoms with Crippen LogP contribution in [0.3, 0.4) is 0 Å². The third kappa shape index (κ3) is 5.26. The van der Waals surface area contributed by atoms with Gasteiger partial charge in [0.2, 0.25) is 5.91 Å². The molecule has 0 aliphatic carbocycles. The van der Waals surface area contributed by atoms with Gasteiger partial charge in [0.15, 0.2) is 11.0 Å². The summed E-state index contributed by atoms with van der Waals surface area (Å²) >= 11 is 1.32. The van der Waals surface area contributed by atoms with E-state index in [0.717, 1.165) is 17.2 Å². The normalized spacial score (nSPS) is 10.5. The van der Waals surface area contributed by atoms with Gasteiger partial charge < -0.3 is 19.4 Å². The molecule has 0 atom stereocenters. The Morgan fingerprint density at radius 3 is 2.43 bits per heavy atom. The van der Waals surface area contributed by atoms with E-state index < -0.39 is 0 Å². The van der Waals surface area contributed by atoms with Crippen LogP contribution >= 0.6 is 11.8 Å². The van der Waals surface area contributed by atoms with Crippen molar-refractivity contribution in [2.24, 2.45) is 7.05 Å². The molecule has 1 aromatic heterocycles. The van der Waals surface area contributed by atoms with E-state index in [1.54, 1.807) is 31.4 Å². The Balaban J connectivity index is 1.50. The number of methoxy groups -OCH3 is 1. The van der Waals surface area contributed by atoms with Crippen molar-refractivity contribution in [3.8, 4) is 11.5 Å². The Morgan fingerprint density at radius 1 is 1.07 bits per heavy atom. The van der Waals surface area contributed by atoms with Crippen molar-refractivity contribution in [1.29, 1.82) is 0 Å². The predicted octanol–water partition coefficient (Wildman–Crippen LogP) is 3.44. The summed E-state index contributed by atoms with van der Waals surface area (Å²) in [4.78, 5) is 12.2. The fourth-order valence-electron chi connectivity index (χ4n) is 2.38. The van der Waals surface area contributed by atoms with E-state index in [2.05, 4.69) is 15.5 Å². The number of carbonyl (C=O) groups is 1. The second-order valence-electron chi connectivity index (χ2n) is 6.12. The summed E-state index contributed by atoms with van der Waals surface area (Å²) in [7, 11) is 3.46. The van der Waals surface area contributed by atoms with Gasteiger partial charge >= 0.3 is 0 Å². The topological polar surface area (TPSA) is 78.3 Å². The molecule has 3 rings (SSSR count). The van der Waals surface area contributed by atoms with Crippen molar-refractivity contribution < 1.29 is 14.3 Å². The van der Waals surface area contributed by atoms with Gasteiger partial charge in [-0.3, -0.25) is 4.79 Å². The maximum Gasteiger partial charge on any atom is 0.234 e. The summed E-state index contributed by atoms with van der Waals surface area (Å²) in [5, 5.41) is 11.8. The van der Waals surface area contributed by atoms with Gasteiger partial charge in [-0.2, -0.15) is 0 Å². The molecule has 1 N–H and O–H groups in total. The number of amides is 1. The molecule has 7 nitrogen and oxygen atoms in total. The maximum atomic E-state index is 12.2. The molecule has 0 fully saturated rings. The first-order valence-electron chi connectivity index (χ1n) is 8.69. The van der Waals surface area contributed by atoms with Crippen LogP contribution in [0.4, 0.5) is 5.69 Å². The van der Waals surface area contributed by atoms with Crippen LogP contribution in [0.1, 0.15) is 11.4 Å². The molecule has 0 spiro atoms. The smallest absolute Gasteiger partial charge is 0.234 e. The first-order chi connectivity index (χ1) is 13.5. The van der Waals surface area contributed by atoms with Gasteiger partial charge in [0.05, 0.1) is 12.9 Å². The third-order valence-electron chi connectivity index (χ3n) is 4.02. The quantitative estimate of drug-likeness (QED) is 0.586. The number of nitrogens with one attached hydrogen (secondary N) is 1. The molecule has 1 heterocycles. The highest BCUT2D eigenvalue weighted by atomic mass is 32.2. The van der Waals surface area contributed by atoms with Crippen molar-refractivity contribution in [2.75, 3.05) is 18.2 Å². The van der Waals surface area contributed by atoms with E-state index in [4.69, 9.17) is 9.47 Å². The van der Waals surface area contributed by atoms with Crippen molar-refractivity contribution in [3.05, 3.63) is 59.9 Å². The van der Waals surface area contributed by atoms with Crippen LogP contribution < -0.4 is 14.8 Å². The number of nitrogens with zero attached hydrogens (tertiary/aromatic N) is 3. The number of benzene rings is 2. The van der Waals surface area contributed by atoms with E-state index in [0.29, 0.717) is 17.6 Å². The average Bonchev–Trinajstić information content (AvgIpc) is 3.06. The minimum Gasteiger partial charge on any atom is -0.497 e. The Morgan fingerprint density at radius 2 is 1.75 bits per heavy atom. The molecule has 2 aromatic carbocycles. The number of aromatic nitrogens is 3. The monoisotopic (exact) mass is 398 g/mol. The molecule has 1 amide bonds. The van der Waals surface area contributed by atoms with Crippen molar-refractivity contribution in [3.63, 3.8) is 0 Å². The molecule has 0 saturated heterocycles. The zero-order valence-corrected chi connectivity index (χ0v) is 16.8. The van der Waals surface area contributed by atoms with E-state index in [1.165, 1.54) is 17.3 Å². The van der Waals surface area contributed by atoms with Gasteiger partial charge in [0.1, 0.15) is 18.1 Å². The van der Waals surface area contributed by atoms with Crippen LogP contribution in [0, 0.1) is 6.92 Å². The number of ether oxygens (including phenoxy) is 2. The summed E-state index contributed by atoms with van der Waals surface area (Å²) in [5.41, 5.74) is 1.90. The lowest BCUT2D eigenvalue weighted by molar-refractivity contribution is -0.113. The van der Waals surface area contributed by atoms with Crippen LogP contribution in [-0.2, 0) is 18.4 Å². The van der Waals surface area contributed by atoms with Crippen LogP contribution in [0.15, 0.2) is 53.7 Å². The molecule has 0 aliphatic rings. The van der Waals surface area contributed by atoms with Crippen LogP contribution in [-0.4, -0.2) is 33.5 Å². The number of rotatable bonds is 8. The number of hydrogen-bond donors (Lipinski definition) is 1.